The molecule has 0 aliphatic carbocycles. The van der Waals surface area contributed by atoms with Crippen LogP contribution < -0.4 is 0 Å². The van der Waals surface area contributed by atoms with Crippen molar-refractivity contribution in [1.29, 1.82) is 0 Å². The first-order chi connectivity index (χ1) is 5.66. The second-order valence-electron chi connectivity index (χ2n) is 4.12. The summed E-state index contributed by atoms with van der Waals surface area (Å²) < 4.78 is 0. The smallest absolute Gasteiger partial charge is 0.0540 e. The lowest BCUT2D eigenvalue weighted by atomic mass is 10.0. The zero-order valence-corrected chi connectivity index (χ0v) is 8.84. The average molecular weight is 172 g/mol. The minimum atomic E-state index is -0.0397. The molecule has 0 spiro atoms. The van der Waals surface area contributed by atoms with Crippen LogP contribution in [-0.4, -0.2) is 11.2 Å². The zero-order chi connectivity index (χ0) is 9.40. The zero-order valence-electron chi connectivity index (χ0n) is 8.84. The second kappa shape index (κ2) is 7.60. The molecule has 0 aliphatic heterocycles. The van der Waals surface area contributed by atoms with Crippen LogP contribution in [0.1, 0.15) is 59.3 Å². The average Bonchev–Trinajstić information content (AvgIpc) is 1.98. The molecule has 1 atom stereocenters. The molecule has 0 fully saturated rings. The highest BCUT2D eigenvalue weighted by Crippen LogP contribution is 2.11. The normalized spacial score (nSPS) is 13.8. The van der Waals surface area contributed by atoms with Crippen molar-refractivity contribution in [2.75, 3.05) is 0 Å². The molecule has 0 saturated carbocycles. The van der Waals surface area contributed by atoms with E-state index in [2.05, 4.69) is 20.8 Å². The van der Waals surface area contributed by atoms with E-state index >= 15 is 0 Å². The van der Waals surface area contributed by atoms with Gasteiger partial charge in [-0.15, -0.1) is 0 Å². The van der Waals surface area contributed by atoms with Crippen LogP contribution in [0.15, 0.2) is 0 Å². The van der Waals surface area contributed by atoms with Gasteiger partial charge in [-0.3, -0.25) is 0 Å². The molecule has 0 aliphatic rings. The van der Waals surface area contributed by atoms with Gasteiger partial charge in [-0.1, -0.05) is 46.5 Å². The molecule has 1 N–H and O–H groups in total. The highest BCUT2D eigenvalue weighted by Gasteiger charge is 2.02. The Hall–Kier alpha value is -0.0400. The molecule has 0 saturated heterocycles. The predicted octanol–water partition coefficient (Wildman–Crippen LogP) is 3.36. The summed E-state index contributed by atoms with van der Waals surface area (Å²) in [5.41, 5.74) is 0. The van der Waals surface area contributed by atoms with Gasteiger partial charge in [-0.2, -0.15) is 0 Å². The van der Waals surface area contributed by atoms with E-state index in [1.165, 1.54) is 19.3 Å². The molecule has 1 unspecified atom stereocenters. The van der Waals surface area contributed by atoms with Crippen molar-refractivity contribution in [3.05, 3.63) is 0 Å². The van der Waals surface area contributed by atoms with Gasteiger partial charge in [-0.25, -0.2) is 0 Å². The van der Waals surface area contributed by atoms with E-state index in [0.29, 0.717) is 0 Å². The van der Waals surface area contributed by atoms with E-state index in [0.717, 1.165) is 25.2 Å². The number of rotatable bonds is 7. The summed E-state index contributed by atoms with van der Waals surface area (Å²) in [6, 6.07) is 0. The van der Waals surface area contributed by atoms with Gasteiger partial charge in [0.1, 0.15) is 0 Å². The van der Waals surface area contributed by atoms with Crippen molar-refractivity contribution < 1.29 is 5.11 Å². The Balaban J connectivity index is 3.08. The lowest BCUT2D eigenvalue weighted by Crippen LogP contribution is -2.05. The van der Waals surface area contributed by atoms with Gasteiger partial charge >= 0.3 is 0 Å². The quantitative estimate of drug-likeness (QED) is 0.584. The summed E-state index contributed by atoms with van der Waals surface area (Å²) in [6.45, 7) is 6.63. The largest absolute Gasteiger partial charge is 0.393 e. The van der Waals surface area contributed by atoms with Crippen LogP contribution in [0.2, 0.25) is 0 Å². The molecule has 1 heteroatoms. The monoisotopic (exact) mass is 172 g/mol. The fourth-order valence-corrected chi connectivity index (χ4v) is 1.41. The number of hydrogen-bond acceptors (Lipinski definition) is 1. The molecule has 74 valence electrons. The van der Waals surface area contributed by atoms with E-state index < -0.39 is 0 Å². The summed E-state index contributed by atoms with van der Waals surface area (Å²) in [4.78, 5) is 0. The fraction of sp³-hybridized carbons (Fsp3) is 1.00. The number of hydrogen-bond donors (Lipinski definition) is 1. The Kier molecular flexibility index (Phi) is 7.58. The van der Waals surface area contributed by atoms with E-state index in [4.69, 9.17) is 0 Å². The van der Waals surface area contributed by atoms with E-state index in [1.54, 1.807) is 0 Å². The van der Waals surface area contributed by atoms with Crippen molar-refractivity contribution >= 4 is 0 Å². The third kappa shape index (κ3) is 8.06. The molecule has 12 heavy (non-hydrogen) atoms. The van der Waals surface area contributed by atoms with Gasteiger partial charge < -0.3 is 5.11 Å². The molecule has 0 aromatic rings. The molecule has 0 bridgehead atoms. The molecule has 0 aromatic heterocycles. The third-order valence-corrected chi connectivity index (χ3v) is 2.19. The van der Waals surface area contributed by atoms with Gasteiger partial charge in [0, 0.05) is 0 Å². The maximum absolute atomic E-state index is 9.41. The van der Waals surface area contributed by atoms with Crippen molar-refractivity contribution in [3.8, 4) is 0 Å². The van der Waals surface area contributed by atoms with E-state index in [1.807, 2.05) is 0 Å². The molecule has 0 radical (unpaired) electrons. The van der Waals surface area contributed by atoms with Gasteiger partial charge in [0.25, 0.3) is 0 Å². The van der Waals surface area contributed by atoms with Crippen LogP contribution in [0, 0.1) is 5.92 Å². The molecule has 0 rings (SSSR count). The fourth-order valence-electron chi connectivity index (χ4n) is 1.41. The second-order valence-corrected chi connectivity index (χ2v) is 4.12. The molecular formula is C11H24O. The summed E-state index contributed by atoms with van der Waals surface area (Å²) in [6.07, 6.45) is 6.81. The van der Waals surface area contributed by atoms with Crippen molar-refractivity contribution in [1.82, 2.24) is 0 Å². The first-order valence-electron chi connectivity index (χ1n) is 5.34. The van der Waals surface area contributed by atoms with Crippen LogP contribution >= 0.6 is 0 Å². The van der Waals surface area contributed by atoms with E-state index in [-0.39, 0.29) is 6.10 Å². The lowest BCUT2D eigenvalue weighted by Gasteiger charge is -2.09. The van der Waals surface area contributed by atoms with Crippen LogP contribution in [0.5, 0.6) is 0 Å². The number of unbranched alkanes of at least 4 members (excludes halogenated alkanes) is 1. The van der Waals surface area contributed by atoms with Crippen LogP contribution in [-0.2, 0) is 0 Å². The van der Waals surface area contributed by atoms with Gasteiger partial charge in [0.15, 0.2) is 0 Å². The summed E-state index contributed by atoms with van der Waals surface area (Å²) >= 11 is 0. The molecule has 0 amide bonds. The van der Waals surface area contributed by atoms with Crippen molar-refractivity contribution in [2.24, 2.45) is 5.92 Å². The summed E-state index contributed by atoms with van der Waals surface area (Å²) in [7, 11) is 0. The minimum Gasteiger partial charge on any atom is -0.393 e. The first kappa shape index (κ1) is 12.0. The van der Waals surface area contributed by atoms with Gasteiger partial charge in [0.2, 0.25) is 0 Å². The summed E-state index contributed by atoms with van der Waals surface area (Å²) in [5.74, 6) is 0.813. The van der Waals surface area contributed by atoms with Crippen LogP contribution in [0.4, 0.5) is 0 Å². The molecule has 0 heterocycles. The van der Waals surface area contributed by atoms with Gasteiger partial charge in [0.05, 0.1) is 6.10 Å². The Bertz CT molecular complexity index is 89.0. The minimum absolute atomic E-state index is 0.0397. The third-order valence-electron chi connectivity index (χ3n) is 2.19. The standard InChI is InChI=1S/C11H24O/c1-4-7-11(12)9-6-5-8-10(2)3/h10-12H,4-9H2,1-3H3. The maximum Gasteiger partial charge on any atom is 0.0540 e. The highest BCUT2D eigenvalue weighted by molar-refractivity contribution is 4.55. The van der Waals surface area contributed by atoms with Gasteiger partial charge in [-0.05, 0) is 18.8 Å². The Morgan fingerprint density at radius 3 is 2.08 bits per heavy atom. The molecule has 1 nitrogen and oxygen atoms in total. The first-order valence-corrected chi connectivity index (χ1v) is 5.34. The SMILES string of the molecule is CCCC(O)CCCCC(C)C. The summed E-state index contributed by atoms with van der Waals surface area (Å²) in [5, 5.41) is 9.41. The number of aliphatic hydroxyl groups is 1. The lowest BCUT2D eigenvalue weighted by molar-refractivity contribution is 0.149. The Morgan fingerprint density at radius 1 is 1.00 bits per heavy atom. The Morgan fingerprint density at radius 2 is 1.58 bits per heavy atom. The van der Waals surface area contributed by atoms with Crippen LogP contribution in [0.3, 0.4) is 0 Å². The van der Waals surface area contributed by atoms with Crippen molar-refractivity contribution in [3.63, 3.8) is 0 Å². The van der Waals surface area contributed by atoms with Crippen molar-refractivity contribution in [2.45, 2.75) is 65.4 Å². The maximum atomic E-state index is 9.41. The Labute approximate surface area is 77.2 Å². The molecular weight excluding hydrogens is 148 g/mol. The molecule has 0 aromatic carbocycles. The van der Waals surface area contributed by atoms with Crippen LogP contribution in [0.25, 0.3) is 0 Å². The topological polar surface area (TPSA) is 20.2 Å². The van der Waals surface area contributed by atoms with E-state index in [9.17, 15) is 5.11 Å². The predicted molar refractivity (Wildman–Crippen MR) is 54.2 cm³/mol. The number of aliphatic hydroxyl groups excluding tert-OH is 1. The highest BCUT2D eigenvalue weighted by atomic mass is 16.3.